The van der Waals surface area contributed by atoms with Crippen molar-refractivity contribution in [1.82, 2.24) is 20.1 Å². The van der Waals surface area contributed by atoms with Gasteiger partial charge in [0.1, 0.15) is 12.2 Å². The molecule has 0 radical (unpaired) electrons. The van der Waals surface area contributed by atoms with Crippen LogP contribution in [0.3, 0.4) is 0 Å². The molecule has 0 bridgehead atoms. The fraction of sp³-hybridized carbons (Fsp3) is 0.333. The number of nitrogens with zero attached hydrogens (tertiary/aromatic N) is 3. The average Bonchev–Trinajstić information content (AvgIpc) is 2.79. The summed E-state index contributed by atoms with van der Waals surface area (Å²) in [5, 5.41) is 8.70. The van der Waals surface area contributed by atoms with E-state index in [1.807, 2.05) is 25.1 Å². The van der Waals surface area contributed by atoms with Crippen LogP contribution in [-0.4, -0.2) is 21.3 Å². The molecule has 6 heteroatoms. The summed E-state index contributed by atoms with van der Waals surface area (Å²) in [4.78, 5) is 4.21. The van der Waals surface area contributed by atoms with Gasteiger partial charge in [0.15, 0.2) is 0 Å². The highest BCUT2D eigenvalue weighted by atomic mass is 35.5. The van der Waals surface area contributed by atoms with Crippen LogP contribution < -0.4 is 5.32 Å². The van der Waals surface area contributed by atoms with E-state index < -0.39 is 0 Å². The molecule has 0 aliphatic heterocycles. The van der Waals surface area contributed by atoms with E-state index in [0.29, 0.717) is 23.1 Å². The van der Waals surface area contributed by atoms with Gasteiger partial charge < -0.3 is 5.32 Å². The third kappa shape index (κ3) is 3.02. The first-order chi connectivity index (χ1) is 8.72. The molecule has 1 heterocycles. The molecule has 0 unspecified atom stereocenters. The highest BCUT2D eigenvalue weighted by molar-refractivity contribution is 6.35. The van der Waals surface area contributed by atoms with E-state index in [9.17, 15) is 0 Å². The fourth-order valence-electron chi connectivity index (χ4n) is 1.63. The predicted molar refractivity (Wildman–Crippen MR) is 73.0 cm³/mol. The molecular formula is C12H14Cl2N4. The lowest BCUT2D eigenvalue weighted by Crippen LogP contribution is -2.17. The van der Waals surface area contributed by atoms with E-state index >= 15 is 0 Å². The number of halogens is 2. The minimum atomic E-state index is 0.527. The number of rotatable bonds is 5. The second-order valence-electron chi connectivity index (χ2n) is 3.81. The van der Waals surface area contributed by atoms with E-state index in [0.717, 1.165) is 17.9 Å². The number of benzene rings is 1. The van der Waals surface area contributed by atoms with Gasteiger partial charge in [-0.1, -0.05) is 36.2 Å². The molecule has 1 aromatic carbocycles. The van der Waals surface area contributed by atoms with Gasteiger partial charge in [-0.2, -0.15) is 5.10 Å². The lowest BCUT2D eigenvalue weighted by atomic mass is 10.2. The van der Waals surface area contributed by atoms with E-state index in [4.69, 9.17) is 23.2 Å². The third-order valence-electron chi connectivity index (χ3n) is 2.60. The Balaban J connectivity index is 2.21. The Morgan fingerprint density at radius 1 is 1.28 bits per heavy atom. The molecule has 0 fully saturated rings. The summed E-state index contributed by atoms with van der Waals surface area (Å²) in [6.45, 7) is 4.14. The molecule has 2 aromatic rings. The van der Waals surface area contributed by atoms with Crippen LogP contribution in [0.5, 0.6) is 0 Å². The SMILES string of the molecule is CCNCc1ncnn1Cc1c(Cl)cccc1Cl. The van der Waals surface area contributed by atoms with Crippen LogP contribution >= 0.6 is 23.2 Å². The summed E-state index contributed by atoms with van der Waals surface area (Å²) in [6.07, 6.45) is 1.54. The molecule has 0 saturated heterocycles. The van der Waals surface area contributed by atoms with Crippen molar-refractivity contribution in [1.29, 1.82) is 0 Å². The molecule has 0 spiro atoms. The molecule has 18 heavy (non-hydrogen) atoms. The molecule has 0 saturated carbocycles. The summed E-state index contributed by atoms with van der Waals surface area (Å²) >= 11 is 12.3. The van der Waals surface area contributed by atoms with Gasteiger partial charge in [-0.25, -0.2) is 9.67 Å². The lowest BCUT2D eigenvalue weighted by Gasteiger charge is -2.09. The van der Waals surface area contributed by atoms with Crippen LogP contribution in [0.25, 0.3) is 0 Å². The van der Waals surface area contributed by atoms with Gasteiger partial charge in [0.05, 0.1) is 13.1 Å². The van der Waals surface area contributed by atoms with Crippen LogP contribution in [0.15, 0.2) is 24.5 Å². The van der Waals surface area contributed by atoms with Crippen molar-refractivity contribution in [3.8, 4) is 0 Å². The number of hydrogen-bond donors (Lipinski definition) is 1. The van der Waals surface area contributed by atoms with Crippen LogP contribution in [-0.2, 0) is 13.1 Å². The highest BCUT2D eigenvalue weighted by Gasteiger charge is 2.09. The smallest absolute Gasteiger partial charge is 0.141 e. The fourth-order valence-corrected chi connectivity index (χ4v) is 2.14. The minimum Gasteiger partial charge on any atom is -0.310 e. The van der Waals surface area contributed by atoms with Crippen molar-refractivity contribution in [3.05, 3.63) is 46.0 Å². The largest absolute Gasteiger partial charge is 0.310 e. The van der Waals surface area contributed by atoms with Gasteiger partial charge in [-0.3, -0.25) is 0 Å². The van der Waals surface area contributed by atoms with Gasteiger partial charge >= 0.3 is 0 Å². The van der Waals surface area contributed by atoms with Crippen molar-refractivity contribution in [3.63, 3.8) is 0 Å². The van der Waals surface area contributed by atoms with Crippen molar-refractivity contribution < 1.29 is 0 Å². The molecule has 0 aliphatic rings. The van der Waals surface area contributed by atoms with E-state index in [1.165, 1.54) is 6.33 Å². The Kier molecular flexibility index (Phi) is 4.58. The molecule has 1 N–H and O–H groups in total. The van der Waals surface area contributed by atoms with E-state index in [1.54, 1.807) is 4.68 Å². The molecule has 1 aromatic heterocycles. The average molecular weight is 285 g/mol. The molecule has 0 atom stereocenters. The summed E-state index contributed by atoms with van der Waals surface area (Å²) in [7, 11) is 0. The lowest BCUT2D eigenvalue weighted by molar-refractivity contribution is 0.596. The Hall–Kier alpha value is -1.10. The number of nitrogens with one attached hydrogen (secondary N) is 1. The van der Waals surface area contributed by atoms with E-state index in [2.05, 4.69) is 15.4 Å². The number of hydrogen-bond acceptors (Lipinski definition) is 3. The second kappa shape index (κ2) is 6.18. The Morgan fingerprint density at radius 2 is 2.00 bits per heavy atom. The second-order valence-corrected chi connectivity index (χ2v) is 4.63. The van der Waals surface area contributed by atoms with Crippen LogP contribution in [0.4, 0.5) is 0 Å². The first-order valence-electron chi connectivity index (χ1n) is 5.72. The molecule has 2 rings (SSSR count). The zero-order chi connectivity index (χ0) is 13.0. The normalized spacial score (nSPS) is 10.8. The highest BCUT2D eigenvalue weighted by Crippen LogP contribution is 2.25. The molecule has 0 amide bonds. The first-order valence-corrected chi connectivity index (χ1v) is 6.48. The Labute approximate surface area is 116 Å². The van der Waals surface area contributed by atoms with Gasteiger partial charge in [0.25, 0.3) is 0 Å². The van der Waals surface area contributed by atoms with Crippen LogP contribution in [0.1, 0.15) is 18.3 Å². The summed E-state index contributed by atoms with van der Waals surface area (Å²) < 4.78 is 1.80. The predicted octanol–water partition coefficient (Wildman–Crippen LogP) is 2.74. The summed E-state index contributed by atoms with van der Waals surface area (Å²) in [5.41, 5.74) is 0.865. The quantitative estimate of drug-likeness (QED) is 0.918. The maximum absolute atomic E-state index is 6.14. The first kappa shape index (κ1) is 13.3. The molecule has 0 aliphatic carbocycles. The van der Waals surface area contributed by atoms with Gasteiger partial charge in [-0.15, -0.1) is 0 Å². The summed E-state index contributed by atoms with van der Waals surface area (Å²) in [5.74, 6) is 0.868. The van der Waals surface area contributed by atoms with Gasteiger partial charge in [-0.05, 0) is 18.7 Å². The topological polar surface area (TPSA) is 42.7 Å². The zero-order valence-corrected chi connectivity index (χ0v) is 11.5. The molecule has 96 valence electrons. The number of aromatic nitrogens is 3. The molecular weight excluding hydrogens is 271 g/mol. The van der Waals surface area contributed by atoms with Crippen molar-refractivity contribution in [2.45, 2.75) is 20.0 Å². The Bertz CT molecular complexity index is 504. The van der Waals surface area contributed by atoms with Crippen molar-refractivity contribution in [2.75, 3.05) is 6.54 Å². The maximum atomic E-state index is 6.14. The summed E-state index contributed by atoms with van der Waals surface area (Å²) in [6, 6.07) is 5.47. The maximum Gasteiger partial charge on any atom is 0.141 e. The van der Waals surface area contributed by atoms with Gasteiger partial charge in [0, 0.05) is 15.6 Å². The van der Waals surface area contributed by atoms with E-state index in [-0.39, 0.29) is 0 Å². The van der Waals surface area contributed by atoms with Crippen LogP contribution in [0, 0.1) is 0 Å². The third-order valence-corrected chi connectivity index (χ3v) is 3.31. The Morgan fingerprint density at radius 3 is 2.67 bits per heavy atom. The molecule has 4 nitrogen and oxygen atoms in total. The van der Waals surface area contributed by atoms with Crippen molar-refractivity contribution >= 4 is 23.2 Å². The monoisotopic (exact) mass is 284 g/mol. The van der Waals surface area contributed by atoms with Gasteiger partial charge in [0.2, 0.25) is 0 Å². The van der Waals surface area contributed by atoms with Crippen molar-refractivity contribution in [2.24, 2.45) is 0 Å². The zero-order valence-electron chi connectivity index (χ0n) is 10.0. The standard InChI is InChI=1S/C12H14Cl2N4/c1-2-15-6-12-16-8-17-18(12)7-9-10(13)4-3-5-11(9)14/h3-5,8,15H,2,6-7H2,1H3. The minimum absolute atomic E-state index is 0.527. The van der Waals surface area contributed by atoms with Crippen LogP contribution in [0.2, 0.25) is 10.0 Å².